The molecule has 0 spiro atoms. The number of para-hydroxylation sites is 1. The van der Waals surface area contributed by atoms with Crippen LogP contribution in [0.25, 0.3) is 0 Å². The van der Waals surface area contributed by atoms with Crippen LogP contribution in [-0.4, -0.2) is 30.3 Å². The van der Waals surface area contributed by atoms with Crippen molar-refractivity contribution in [1.29, 1.82) is 0 Å². The van der Waals surface area contributed by atoms with Gasteiger partial charge in [-0.1, -0.05) is 25.1 Å². The Morgan fingerprint density at radius 1 is 1.05 bits per heavy atom. The summed E-state index contributed by atoms with van der Waals surface area (Å²) in [4.78, 5) is 21.5. The first-order valence-electron chi connectivity index (χ1n) is 6.35. The van der Waals surface area contributed by atoms with Crippen molar-refractivity contribution in [2.75, 3.05) is 13.2 Å². The molecular weight excluding hydrogens is 260 g/mol. The van der Waals surface area contributed by atoms with E-state index < -0.39 is 11.9 Å². The van der Waals surface area contributed by atoms with Crippen molar-refractivity contribution >= 4 is 11.9 Å². The molecule has 0 aliphatic rings. The van der Waals surface area contributed by atoms with E-state index in [9.17, 15) is 9.59 Å². The number of phenols is 1. The van der Waals surface area contributed by atoms with E-state index >= 15 is 0 Å². The van der Waals surface area contributed by atoms with Gasteiger partial charge in [-0.05, 0) is 25.5 Å². The topological polar surface area (TPSA) is 72.8 Å². The minimum atomic E-state index is -0.532. The van der Waals surface area contributed by atoms with Crippen LogP contribution < -0.4 is 0 Å². The van der Waals surface area contributed by atoms with Crippen molar-refractivity contribution in [2.24, 2.45) is 0 Å². The Hall–Kier alpha value is -2.30. The van der Waals surface area contributed by atoms with Crippen molar-refractivity contribution in [2.45, 2.75) is 20.3 Å². The van der Waals surface area contributed by atoms with Gasteiger partial charge >= 0.3 is 11.9 Å². The summed E-state index contributed by atoms with van der Waals surface area (Å²) >= 11 is 0. The monoisotopic (exact) mass is 280 g/mol. The number of aromatic hydroxyl groups is 1. The van der Waals surface area contributed by atoms with E-state index in [0.29, 0.717) is 19.0 Å². The molecule has 0 radical (unpaired) electrons. The second kappa shape index (κ2) is 11.8. The van der Waals surface area contributed by atoms with Crippen molar-refractivity contribution in [1.82, 2.24) is 0 Å². The average Bonchev–Trinajstić information content (AvgIpc) is 2.45. The molecule has 20 heavy (non-hydrogen) atoms. The van der Waals surface area contributed by atoms with Crippen LogP contribution in [0.4, 0.5) is 0 Å². The molecule has 0 saturated carbocycles. The highest BCUT2D eigenvalue weighted by Gasteiger charge is 1.98. The van der Waals surface area contributed by atoms with Gasteiger partial charge < -0.3 is 14.6 Å². The molecule has 0 aliphatic heterocycles. The lowest BCUT2D eigenvalue weighted by Crippen LogP contribution is -2.04. The second-order valence-electron chi connectivity index (χ2n) is 3.59. The Morgan fingerprint density at radius 3 is 2.00 bits per heavy atom. The minimum absolute atomic E-state index is 0.299. The molecule has 0 heterocycles. The maximum absolute atomic E-state index is 10.8. The predicted octanol–water partition coefficient (Wildman–Crippen LogP) is 2.45. The van der Waals surface area contributed by atoms with E-state index in [-0.39, 0.29) is 0 Å². The Balaban J connectivity index is 0.000000428. The molecule has 0 unspecified atom stereocenters. The zero-order chi connectivity index (χ0) is 15.2. The van der Waals surface area contributed by atoms with Crippen LogP contribution in [0.2, 0.25) is 0 Å². The van der Waals surface area contributed by atoms with Crippen LogP contribution in [0, 0.1) is 0 Å². The van der Waals surface area contributed by atoms with Gasteiger partial charge in [-0.25, -0.2) is 9.59 Å². The lowest BCUT2D eigenvalue weighted by Gasteiger charge is -1.97. The van der Waals surface area contributed by atoms with Crippen LogP contribution in [0.15, 0.2) is 42.5 Å². The summed E-state index contributed by atoms with van der Waals surface area (Å²) in [6, 6.07) is 8.71. The smallest absolute Gasteiger partial charge is 0.331 e. The zero-order valence-corrected chi connectivity index (χ0v) is 11.7. The van der Waals surface area contributed by atoms with Gasteiger partial charge in [0.05, 0.1) is 13.2 Å². The Labute approximate surface area is 118 Å². The van der Waals surface area contributed by atoms with Gasteiger partial charge in [0.2, 0.25) is 0 Å². The first kappa shape index (κ1) is 17.7. The summed E-state index contributed by atoms with van der Waals surface area (Å²) in [6.45, 7) is 4.25. The quantitative estimate of drug-likeness (QED) is 0.662. The summed E-state index contributed by atoms with van der Waals surface area (Å²) in [6.07, 6.45) is 2.88. The Bertz CT molecular complexity index is 412. The normalized spacial score (nSPS) is 9.50. The molecular formula is C15H20O5. The fraction of sp³-hybridized carbons (Fsp3) is 0.333. The van der Waals surface area contributed by atoms with Crippen LogP contribution >= 0.6 is 0 Å². The summed E-state index contributed by atoms with van der Waals surface area (Å²) in [5.41, 5.74) is 0. The summed E-state index contributed by atoms with van der Waals surface area (Å²) in [5, 5.41) is 8.63. The van der Waals surface area contributed by atoms with Gasteiger partial charge in [0, 0.05) is 12.2 Å². The van der Waals surface area contributed by atoms with Crippen LogP contribution in [-0.2, 0) is 19.1 Å². The molecule has 1 aromatic carbocycles. The van der Waals surface area contributed by atoms with Crippen LogP contribution in [0.1, 0.15) is 20.3 Å². The molecule has 0 aromatic heterocycles. The van der Waals surface area contributed by atoms with Crippen molar-refractivity contribution in [3.05, 3.63) is 42.5 Å². The predicted molar refractivity (Wildman–Crippen MR) is 75.1 cm³/mol. The molecule has 5 nitrogen and oxygen atoms in total. The summed E-state index contributed by atoms with van der Waals surface area (Å²) in [7, 11) is 0. The van der Waals surface area contributed by atoms with Gasteiger partial charge in [0.25, 0.3) is 0 Å². The highest BCUT2D eigenvalue weighted by atomic mass is 16.5. The molecule has 5 heteroatoms. The fourth-order valence-electron chi connectivity index (χ4n) is 1.01. The molecule has 0 aliphatic carbocycles. The van der Waals surface area contributed by atoms with Gasteiger partial charge in [-0.2, -0.15) is 0 Å². The van der Waals surface area contributed by atoms with Crippen molar-refractivity contribution in [3.8, 4) is 5.75 Å². The Kier molecular flexibility index (Phi) is 10.4. The Morgan fingerprint density at radius 2 is 1.60 bits per heavy atom. The van der Waals surface area contributed by atoms with Gasteiger partial charge in [0.15, 0.2) is 0 Å². The number of hydrogen-bond donors (Lipinski definition) is 1. The first-order valence-corrected chi connectivity index (χ1v) is 6.35. The molecule has 0 atom stereocenters. The van der Waals surface area contributed by atoms with E-state index in [4.69, 9.17) is 5.11 Å². The molecule has 0 bridgehead atoms. The lowest BCUT2D eigenvalue weighted by atomic mass is 10.3. The fourth-order valence-corrected chi connectivity index (χ4v) is 1.01. The summed E-state index contributed by atoms with van der Waals surface area (Å²) in [5.74, 6) is -0.728. The molecule has 110 valence electrons. The molecule has 1 rings (SSSR count). The summed E-state index contributed by atoms with van der Waals surface area (Å²) < 4.78 is 9.25. The number of carbonyl (C=O) groups is 2. The van der Waals surface area contributed by atoms with E-state index in [1.807, 2.05) is 13.0 Å². The SMILES string of the molecule is CCCOC(=O)C=CC(=O)OCC.Oc1ccccc1. The number of ether oxygens (including phenoxy) is 2. The zero-order valence-electron chi connectivity index (χ0n) is 11.7. The van der Waals surface area contributed by atoms with Crippen LogP contribution in [0.3, 0.4) is 0 Å². The number of carbonyl (C=O) groups excluding carboxylic acids is 2. The molecule has 1 N–H and O–H groups in total. The standard InChI is InChI=1S/C9H14O4.C6H6O/c1-3-7-13-9(11)6-5-8(10)12-4-2;7-6-4-2-1-3-5-6/h5-6H,3-4,7H2,1-2H3;1-5,7H. The third-order valence-corrected chi connectivity index (χ3v) is 1.85. The second-order valence-corrected chi connectivity index (χ2v) is 3.59. The number of hydrogen-bond acceptors (Lipinski definition) is 5. The van der Waals surface area contributed by atoms with Gasteiger partial charge in [0.1, 0.15) is 5.75 Å². The average molecular weight is 280 g/mol. The minimum Gasteiger partial charge on any atom is -0.508 e. The molecule has 1 aromatic rings. The first-order chi connectivity index (χ1) is 9.60. The van der Waals surface area contributed by atoms with Crippen molar-refractivity contribution in [3.63, 3.8) is 0 Å². The highest BCUT2D eigenvalue weighted by molar-refractivity contribution is 5.91. The van der Waals surface area contributed by atoms with Crippen molar-refractivity contribution < 1.29 is 24.2 Å². The number of benzene rings is 1. The third-order valence-electron chi connectivity index (χ3n) is 1.85. The van der Waals surface area contributed by atoms with Gasteiger partial charge in [-0.15, -0.1) is 0 Å². The maximum Gasteiger partial charge on any atom is 0.331 e. The highest BCUT2D eigenvalue weighted by Crippen LogP contribution is 2.02. The number of esters is 2. The van der Waals surface area contributed by atoms with E-state index in [0.717, 1.165) is 18.6 Å². The maximum atomic E-state index is 10.8. The van der Waals surface area contributed by atoms with Gasteiger partial charge in [-0.3, -0.25) is 0 Å². The van der Waals surface area contributed by atoms with E-state index in [1.165, 1.54) is 0 Å². The van der Waals surface area contributed by atoms with Crippen LogP contribution in [0.5, 0.6) is 5.75 Å². The lowest BCUT2D eigenvalue weighted by molar-refractivity contribution is -0.140. The van der Waals surface area contributed by atoms with E-state index in [2.05, 4.69) is 9.47 Å². The number of rotatable bonds is 5. The molecule has 0 amide bonds. The third kappa shape index (κ3) is 10.8. The molecule has 0 fully saturated rings. The molecule has 0 saturated heterocycles. The largest absolute Gasteiger partial charge is 0.508 e. The number of phenolic OH excluding ortho intramolecular Hbond substituents is 1. The van der Waals surface area contributed by atoms with E-state index in [1.54, 1.807) is 31.2 Å².